The largest absolute Gasteiger partial charge is 0.495 e. The van der Waals surface area contributed by atoms with Gasteiger partial charge in [-0.25, -0.2) is 4.39 Å². The van der Waals surface area contributed by atoms with Gasteiger partial charge in [-0.2, -0.15) is 8.78 Å². The van der Waals surface area contributed by atoms with Crippen molar-refractivity contribution in [3.05, 3.63) is 53.4 Å². The molecule has 1 amide bonds. The van der Waals surface area contributed by atoms with E-state index in [2.05, 4.69) is 20.1 Å². The van der Waals surface area contributed by atoms with Crippen LogP contribution in [0.5, 0.6) is 5.75 Å². The number of nitrogens with zero attached hydrogens (tertiary/aromatic N) is 5. The van der Waals surface area contributed by atoms with E-state index in [9.17, 15) is 13.6 Å². The van der Waals surface area contributed by atoms with Gasteiger partial charge in [-0.1, -0.05) is 0 Å². The Balaban J connectivity index is 1.30. The van der Waals surface area contributed by atoms with Gasteiger partial charge in [-0.3, -0.25) is 14.7 Å². The molecule has 2 aromatic heterocycles. The molecule has 12 heteroatoms. The van der Waals surface area contributed by atoms with Crippen LogP contribution in [0.15, 0.2) is 34.9 Å². The molecule has 0 bridgehead atoms. The van der Waals surface area contributed by atoms with E-state index in [1.807, 2.05) is 0 Å². The minimum Gasteiger partial charge on any atom is -0.495 e. The lowest BCUT2D eigenvalue weighted by molar-refractivity contribution is -0.107. The van der Waals surface area contributed by atoms with Gasteiger partial charge < -0.3 is 18.8 Å². The monoisotopic (exact) mass is 517 g/mol. The third-order valence-corrected chi connectivity index (χ3v) is 6.87. The second-order valence-electron chi connectivity index (χ2n) is 9.06. The summed E-state index contributed by atoms with van der Waals surface area (Å²) in [5, 5.41) is 6.89. The number of anilines is 1. The summed E-state index contributed by atoms with van der Waals surface area (Å²) in [6, 6.07) is 6.63. The maximum absolute atomic E-state index is 15.3. The van der Waals surface area contributed by atoms with Crippen LogP contribution >= 0.6 is 0 Å². The van der Waals surface area contributed by atoms with Crippen LogP contribution in [-0.2, 0) is 16.1 Å². The van der Waals surface area contributed by atoms with Gasteiger partial charge in [0.15, 0.2) is 0 Å². The highest BCUT2D eigenvalue weighted by molar-refractivity contribution is 5.79. The van der Waals surface area contributed by atoms with Crippen molar-refractivity contribution in [1.29, 1.82) is 0 Å². The molecule has 2 aliphatic rings. The highest BCUT2D eigenvalue weighted by Crippen LogP contribution is 2.38. The van der Waals surface area contributed by atoms with Crippen molar-refractivity contribution < 1.29 is 31.9 Å². The van der Waals surface area contributed by atoms with Gasteiger partial charge in [0.25, 0.3) is 5.89 Å². The van der Waals surface area contributed by atoms with E-state index in [-0.39, 0.29) is 29.9 Å². The number of likely N-dealkylation sites (tertiary alicyclic amines) is 1. The van der Waals surface area contributed by atoms with Crippen molar-refractivity contribution in [1.82, 2.24) is 20.1 Å². The van der Waals surface area contributed by atoms with Crippen LogP contribution in [0.4, 0.5) is 18.9 Å². The number of rotatable bonds is 9. The van der Waals surface area contributed by atoms with Crippen LogP contribution in [0, 0.1) is 5.82 Å². The standard InChI is InChI=1S/C25H26F3N5O4/c1-35-22-8-19(15-4-6-32(7-5-15)18-12-36-13-18)20(26)9-21(22)33(14-34)11-17-3-2-16(10-29-17)24-30-31-25(37-24)23(27)28/h2-3,8-10,14-15,18,23H,4-7,11-13H2,1H3. The Morgan fingerprint density at radius 3 is 2.57 bits per heavy atom. The zero-order valence-electron chi connectivity index (χ0n) is 20.1. The summed E-state index contributed by atoms with van der Waals surface area (Å²) in [5.74, 6) is -0.799. The summed E-state index contributed by atoms with van der Waals surface area (Å²) >= 11 is 0. The minimum atomic E-state index is -2.87. The molecule has 2 saturated heterocycles. The van der Waals surface area contributed by atoms with Crippen LogP contribution in [0.2, 0.25) is 0 Å². The number of carbonyl (C=O) groups is 1. The number of amides is 1. The van der Waals surface area contributed by atoms with Crippen molar-refractivity contribution in [2.75, 3.05) is 38.3 Å². The molecule has 0 radical (unpaired) electrons. The Morgan fingerprint density at radius 1 is 1.22 bits per heavy atom. The SMILES string of the molecule is COc1cc(C2CCN(C3COC3)CC2)c(F)cc1N(C=O)Cc1ccc(-c2nnc(C(F)F)o2)cn1. The van der Waals surface area contributed by atoms with Gasteiger partial charge in [0.1, 0.15) is 11.6 Å². The van der Waals surface area contributed by atoms with Crippen LogP contribution in [0.1, 0.15) is 42.3 Å². The molecule has 9 nitrogen and oxygen atoms in total. The topological polar surface area (TPSA) is 93.8 Å². The number of carbonyl (C=O) groups excluding carboxylic acids is 1. The molecule has 0 N–H and O–H groups in total. The number of ether oxygens (including phenoxy) is 2. The number of hydrogen-bond donors (Lipinski definition) is 0. The summed E-state index contributed by atoms with van der Waals surface area (Å²) in [5.41, 5.74) is 1.70. The molecule has 0 spiro atoms. The quantitative estimate of drug-likeness (QED) is 0.394. The Labute approximate surface area is 211 Å². The number of benzene rings is 1. The Bertz CT molecular complexity index is 1230. The molecule has 0 unspecified atom stereocenters. The number of halogens is 3. The van der Waals surface area contributed by atoms with Crippen molar-refractivity contribution >= 4 is 12.1 Å². The van der Waals surface area contributed by atoms with E-state index in [1.165, 1.54) is 24.3 Å². The van der Waals surface area contributed by atoms with E-state index in [0.29, 0.717) is 35.0 Å². The molecular weight excluding hydrogens is 491 g/mol. The fraction of sp³-hybridized carbons (Fsp3) is 0.440. The second kappa shape index (κ2) is 10.9. The first kappa shape index (κ1) is 25.2. The highest BCUT2D eigenvalue weighted by Gasteiger charge is 2.31. The molecule has 5 rings (SSSR count). The number of methoxy groups -OCH3 is 1. The van der Waals surface area contributed by atoms with E-state index in [4.69, 9.17) is 13.9 Å². The Morgan fingerprint density at radius 2 is 2.00 bits per heavy atom. The van der Waals surface area contributed by atoms with Crippen LogP contribution in [0.3, 0.4) is 0 Å². The lowest BCUT2D eigenvalue weighted by Crippen LogP contribution is -2.51. The molecule has 4 heterocycles. The van der Waals surface area contributed by atoms with Crippen molar-refractivity contribution in [2.45, 2.75) is 37.8 Å². The molecule has 2 aliphatic heterocycles. The highest BCUT2D eigenvalue weighted by atomic mass is 19.3. The fourth-order valence-corrected chi connectivity index (χ4v) is 4.71. The predicted molar refractivity (Wildman–Crippen MR) is 126 cm³/mol. The van der Waals surface area contributed by atoms with Gasteiger partial charge in [0.05, 0.1) is 49.9 Å². The Hall–Kier alpha value is -3.51. The number of aromatic nitrogens is 3. The zero-order chi connectivity index (χ0) is 25.9. The normalized spacial score (nSPS) is 17.1. The average Bonchev–Trinajstić information content (AvgIpc) is 3.38. The molecule has 0 atom stereocenters. The second-order valence-corrected chi connectivity index (χ2v) is 9.06. The number of hydrogen-bond acceptors (Lipinski definition) is 8. The lowest BCUT2D eigenvalue weighted by Gasteiger charge is -2.41. The molecule has 196 valence electrons. The molecule has 3 aromatic rings. The molecule has 37 heavy (non-hydrogen) atoms. The van der Waals surface area contributed by atoms with Gasteiger partial charge in [-0.15, -0.1) is 10.2 Å². The molecule has 0 aliphatic carbocycles. The van der Waals surface area contributed by atoms with E-state index >= 15 is 4.39 Å². The Kier molecular flexibility index (Phi) is 7.38. The maximum Gasteiger partial charge on any atom is 0.314 e. The van der Waals surface area contributed by atoms with E-state index in [0.717, 1.165) is 39.1 Å². The first-order chi connectivity index (χ1) is 18.0. The molecule has 0 saturated carbocycles. The van der Waals surface area contributed by atoms with E-state index in [1.54, 1.807) is 18.2 Å². The van der Waals surface area contributed by atoms with Gasteiger partial charge in [0, 0.05) is 12.3 Å². The first-order valence-corrected chi connectivity index (χ1v) is 11.9. The van der Waals surface area contributed by atoms with Crippen molar-refractivity contribution in [2.24, 2.45) is 0 Å². The summed E-state index contributed by atoms with van der Waals surface area (Å²) in [7, 11) is 1.48. The number of pyridine rings is 1. The summed E-state index contributed by atoms with van der Waals surface area (Å²) in [4.78, 5) is 19.9. The smallest absolute Gasteiger partial charge is 0.314 e. The van der Waals surface area contributed by atoms with Crippen molar-refractivity contribution in [3.63, 3.8) is 0 Å². The van der Waals surface area contributed by atoms with Crippen LogP contribution in [0.25, 0.3) is 11.5 Å². The fourth-order valence-electron chi connectivity index (χ4n) is 4.71. The van der Waals surface area contributed by atoms with Crippen molar-refractivity contribution in [3.8, 4) is 17.2 Å². The van der Waals surface area contributed by atoms with Crippen LogP contribution in [-0.4, -0.2) is 65.9 Å². The van der Waals surface area contributed by atoms with Gasteiger partial charge in [0.2, 0.25) is 12.3 Å². The summed E-state index contributed by atoms with van der Waals surface area (Å²) in [6.45, 7) is 3.33. The van der Waals surface area contributed by atoms with E-state index < -0.39 is 12.3 Å². The molecule has 2 fully saturated rings. The summed E-state index contributed by atoms with van der Waals surface area (Å²) < 4.78 is 56.4. The average molecular weight is 518 g/mol. The minimum absolute atomic E-state index is 0.0346. The predicted octanol–water partition coefficient (Wildman–Crippen LogP) is 3.96. The summed E-state index contributed by atoms with van der Waals surface area (Å²) in [6.07, 6.45) is 0.764. The third-order valence-electron chi connectivity index (χ3n) is 6.87. The third kappa shape index (κ3) is 5.30. The van der Waals surface area contributed by atoms with Crippen LogP contribution < -0.4 is 9.64 Å². The molecule has 1 aromatic carbocycles. The first-order valence-electron chi connectivity index (χ1n) is 11.9. The number of piperidine rings is 1. The lowest BCUT2D eigenvalue weighted by atomic mass is 9.88. The van der Waals surface area contributed by atoms with Gasteiger partial charge >= 0.3 is 6.43 Å². The van der Waals surface area contributed by atoms with Gasteiger partial charge in [-0.05, 0) is 55.6 Å². The number of alkyl halides is 2. The molecular formula is C25H26F3N5O4. The maximum atomic E-state index is 15.3. The zero-order valence-corrected chi connectivity index (χ0v) is 20.1.